The Hall–Kier alpha value is -2.04. The van der Waals surface area contributed by atoms with Gasteiger partial charge in [-0.05, 0) is 31.0 Å². The van der Waals surface area contributed by atoms with Crippen molar-refractivity contribution in [1.29, 1.82) is 0 Å². The summed E-state index contributed by atoms with van der Waals surface area (Å²) in [6, 6.07) is 4.65. The van der Waals surface area contributed by atoms with Crippen molar-refractivity contribution in [2.24, 2.45) is 5.73 Å². The third kappa shape index (κ3) is 2.61. The Labute approximate surface area is 105 Å². The van der Waals surface area contributed by atoms with Crippen LogP contribution in [-0.2, 0) is 0 Å². The summed E-state index contributed by atoms with van der Waals surface area (Å²) in [5.41, 5.74) is 6.17. The molecule has 1 aliphatic carbocycles. The standard InChI is InChI=1S/C13H16N2O3/c14-12(16)8-5-6-10(13(17)18)11(7-8)15-9-3-1-2-4-9/h5-7,9,15H,1-4H2,(H2,14,16)(H,17,18). The first-order valence-electron chi connectivity index (χ1n) is 6.01. The van der Waals surface area contributed by atoms with Crippen molar-refractivity contribution in [3.8, 4) is 0 Å². The number of carboxylic acid groups (broad SMARTS) is 1. The Morgan fingerprint density at radius 3 is 2.50 bits per heavy atom. The zero-order chi connectivity index (χ0) is 13.1. The Balaban J connectivity index is 2.30. The molecule has 0 saturated heterocycles. The number of hydrogen-bond acceptors (Lipinski definition) is 3. The van der Waals surface area contributed by atoms with Gasteiger partial charge in [0.1, 0.15) is 0 Å². The van der Waals surface area contributed by atoms with Crippen LogP contribution in [0.1, 0.15) is 46.4 Å². The van der Waals surface area contributed by atoms with E-state index in [0.29, 0.717) is 11.3 Å². The molecule has 0 spiro atoms. The molecule has 4 N–H and O–H groups in total. The maximum Gasteiger partial charge on any atom is 0.337 e. The molecule has 5 nitrogen and oxygen atoms in total. The Bertz CT molecular complexity index is 479. The van der Waals surface area contributed by atoms with E-state index < -0.39 is 11.9 Å². The van der Waals surface area contributed by atoms with Gasteiger partial charge in [-0.2, -0.15) is 0 Å². The second-order valence-electron chi connectivity index (χ2n) is 4.56. The quantitative estimate of drug-likeness (QED) is 0.758. The summed E-state index contributed by atoms with van der Waals surface area (Å²) in [5.74, 6) is -1.56. The third-order valence-corrected chi connectivity index (χ3v) is 3.25. The van der Waals surface area contributed by atoms with Crippen LogP contribution in [-0.4, -0.2) is 23.0 Å². The van der Waals surface area contributed by atoms with Crippen molar-refractivity contribution in [2.45, 2.75) is 31.7 Å². The van der Waals surface area contributed by atoms with Gasteiger partial charge in [-0.15, -0.1) is 0 Å². The van der Waals surface area contributed by atoms with Gasteiger partial charge in [-0.3, -0.25) is 4.79 Å². The molecule has 1 saturated carbocycles. The van der Waals surface area contributed by atoms with Crippen LogP contribution in [0.25, 0.3) is 0 Å². The number of benzene rings is 1. The number of nitrogens with two attached hydrogens (primary N) is 1. The average Bonchev–Trinajstić information content (AvgIpc) is 2.81. The molecule has 18 heavy (non-hydrogen) atoms. The van der Waals surface area contributed by atoms with Gasteiger partial charge in [0, 0.05) is 17.3 Å². The summed E-state index contributed by atoms with van der Waals surface area (Å²) in [7, 11) is 0. The predicted octanol–water partition coefficient (Wildman–Crippen LogP) is 1.84. The zero-order valence-corrected chi connectivity index (χ0v) is 9.98. The molecular weight excluding hydrogens is 232 g/mol. The van der Waals surface area contributed by atoms with Gasteiger partial charge in [0.05, 0.1) is 5.56 Å². The van der Waals surface area contributed by atoms with Crippen molar-refractivity contribution < 1.29 is 14.7 Å². The summed E-state index contributed by atoms with van der Waals surface area (Å²) in [6.45, 7) is 0. The van der Waals surface area contributed by atoms with Crippen LogP contribution in [0.4, 0.5) is 5.69 Å². The molecule has 0 atom stereocenters. The van der Waals surface area contributed by atoms with Gasteiger partial charge >= 0.3 is 5.97 Å². The molecule has 1 aliphatic rings. The first-order chi connectivity index (χ1) is 8.58. The predicted molar refractivity (Wildman–Crippen MR) is 67.8 cm³/mol. The highest BCUT2D eigenvalue weighted by Gasteiger charge is 2.18. The highest BCUT2D eigenvalue weighted by Crippen LogP contribution is 2.25. The Morgan fingerprint density at radius 2 is 1.94 bits per heavy atom. The largest absolute Gasteiger partial charge is 0.478 e. The molecule has 5 heteroatoms. The number of hydrogen-bond donors (Lipinski definition) is 3. The molecule has 0 aliphatic heterocycles. The van der Waals surface area contributed by atoms with E-state index in [-0.39, 0.29) is 11.6 Å². The van der Waals surface area contributed by atoms with E-state index in [2.05, 4.69) is 5.32 Å². The Kier molecular flexibility index (Phi) is 3.50. The van der Waals surface area contributed by atoms with Crippen LogP contribution in [0.2, 0.25) is 0 Å². The summed E-state index contributed by atoms with van der Waals surface area (Å²) in [5, 5.41) is 12.3. The molecule has 1 fully saturated rings. The minimum atomic E-state index is -1.01. The van der Waals surface area contributed by atoms with Crippen LogP contribution < -0.4 is 11.1 Å². The van der Waals surface area contributed by atoms with Crippen LogP contribution >= 0.6 is 0 Å². The van der Waals surface area contributed by atoms with Crippen LogP contribution in [0.15, 0.2) is 18.2 Å². The van der Waals surface area contributed by atoms with E-state index in [1.165, 1.54) is 18.2 Å². The minimum Gasteiger partial charge on any atom is -0.478 e. The van der Waals surface area contributed by atoms with E-state index in [0.717, 1.165) is 25.7 Å². The summed E-state index contributed by atoms with van der Waals surface area (Å²) in [6.07, 6.45) is 4.35. The molecule has 1 aromatic rings. The van der Waals surface area contributed by atoms with Gasteiger partial charge in [-0.1, -0.05) is 12.8 Å². The maximum atomic E-state index is 11.1. The zero-order valence-electron chi connectivity index (χ0n) is 9.98. The van der Waals surface area contributed by atoms with Crippen LogP contribution in [0.3, 0.4) is 0 Å². The van der Waals surface area contributed by atoms with Gasteiger partial charge in [0.15, 0.2) is 0 Å². The first kappa shape index (κ1) is 12.4. The highest BCUT2D eigenvalue weighted by molar-refractivity contribution is 5.99. The molecule has 96 valence electrons. The Morgan fingerprint density at radius 1 is 1.28 bits per heavy atom. The highest BCUT2D eigenvalue weighted by atomic mass is 16.4. The molecule has 2 rings (SSSR count). The number of primary amides is 1. The van der Waals surface area contributed by atoms with Crippen molar-refractivity contribution >= 4 is 17.6 Å². The molecule has 0 unspecified atom stereocenters. The number of amides is 1. The summed E-state index contributed by atoms with van der Waals surface area (Å²) >= 11 is 0. The molecule has 0 radical (unpaired) electrons. The second-order valence-corrected chi connectivity index (χ2v) is 4.56. The van der Waals surface area contributed by atoms with E-state index in [4.69, 9.17) is 10.8 Å². The normalized spacial score (nSPS) is 15.6. The molecular formula is C13H16N2O3. The first-order valence-corrected chi connectivity index (χ1v) is 6.01. The van der Waals surface area contributed by atoms with Gasteiger partial charge in [-0.25, -0.2) is 4.79 Å². The maximum absolute atomic E-state index is 11.1. The smallest absolute Gasteiger partial charge is 0.337 e. The number of nitrogens with one attached hydrogen (secondary N) is 1. The topological polar surface area (TPSA) is 92.4 Å². The summed E-state index contributed by atoms with van der Waals surface area (Å²) < 4.78 is 0. The SMILES string of the molecule is NC(=O)c1ccc(C(=O)O)c(NC2CCCC2)c1. The molecule has 0 aromatic heterocycles. The number of carbonyl (C=O) groups is 2. The monoisotopic (exact) mass is 248 g/mol. The lowest BCUT2D eigenvalue weighted by Gasteiger charge is -2.16. The molecule has 1 aromatic carbocycles. The van der Waals surface area contributed by atoms with Crippen LogP contribution in [0, 0.1) is 0 Å². The van der Waals surface area contributed by atoms with Crippen molar-refractivity contribution in [3.63, 3.8) is 0 Å². The number of anilines is 1. The second kappa shape index (κ2) is 5.08. The van der Waals surface area contributed by atoms with E-state index in [1.807, 2.05) is 0 Å². The van der Waals surface area contributed by atoms with E-state index >= 15 is 0 Å². The molecule has 0 bridgehead atoms. The summed E-state index contributed by atoms with van der Waals surface area (Å²) in [4.78, 5) is 22.2. The number of aromatic carboxylic acids is 1. The van der Waals surface area contributed by atoms with Gasteiger partial charge in [0.2, 0.25) is 5.91 Å². The van der Waals surface area contributed by atoms with Gasteiger partial charge < -0.3 is 16.2 Å². The number of carboxylic acids is 1. The van der Waals surface area contributed by atoms with Crippen molar-refractivity contribution in [3.05, 3.63) is 29.3 Å². The average molecular weight is 248 g/mol. The fourth-order valence-corrected chi connectivity index (χ4v) is 2.29. The minimum absolute atomic E-state index is 0.173. The fraction of sp³-hybridized carbons (Fsp3) is 0.385. The lowest BCUT2D eigenvalue weighted by molar-refractivity contribution is 0.0697. The lowest BCUT2D eigenvalue weighted by atomic mass is 10.1. The number of rotatable bonds is 4. The lowest BCUT2D eigenvalue weighted by Crippen LogP contribution is -2.18. The van der Waals surface area contributed by atoms with E-state index in [9.17, 15) is 9.59 Å². The van der Waals surface area contributed by atoms with Crippen molar-refractivity contribution in [2.75, 3.05) is 5.32 Å². The third-order valence-electron chi connectivity index (χ3n) is 3.25. The molecule has 1 amide bonds. The number of carbonyl (C=O) groups excluding carboxylic acids is 1. The van der Waals surface area contributed by atoms with Crippen molar-refractivity contribution in [1.82, 2.24) is 0 Å². The fourth-order valence-electron chi connectivity index (χ4n) is 2.29. The molecule has 0 heterocycles. The van der Waals surface area contributed by atoms with Gasteiger partial charge in [0.25, 0.3) is 0 Å². The van der Waals surface area contributed by atoms with Crippen LogP contribution in [0.5, 0.6) is 0 Å². The van der Waals surface area contributed by atoms with E-state index in [1.54, 1.807) is 0 Å².